The number of amides is 1. The van der Waals surface area contributed by atoms with Gasteiger partial charge in [0.25, 0.3) is 0 Å². The molecule has 1 amide bonds. The number of aliphatic hydroxyl groups excluding tert-OH is 1. The highest BCUT2D eigenvalue weighted by Gasteiger charge is 2.12. The third kappa shape index (κ3) is 9.45. The number of aryl methyl sites for hydroxylation is 1. The quantitative estimate of drug-likeness (QED) is 0.201. The van der Waals surface area contributed by atoms with E-state index in [2.05, 4.69) is 10.1 Å². The average Bonchev–Trinajstić information content (AvgIpc) is 2.72. The fourth-order valence-electron chi connectivity index (χ4n) is 2.47. The van der Waals surface area contributed by atoms with Crippen LogP contribution in [0.5, 0.6) is 11.5 Å². The molecule has 1 rings (SSSR count). The van der Waals surface area contributed by atoms with E-state index in [0.29, 0.717) is 49.5 Å². The second-order valence-electron chi connectivity index (χ2n) is 5.79. The van der Waals surface area contributed by atoms with Gasteiger partial charge in [0.1, 0.15) is 0 Å². The molecule has 0 radical (unpaired) electrons. The Balaban J connectivity index is 0.00000352. The molecule has 0 saturated heterocycles. The molecule has 1 atom stereocenters. The van der Waals surface area contributed by atoms with Crippen LogP contribution in [-0.2, 0) is 20.7 Å². The molecule has 0 aliphatic heterocycles. The molecule has 4 N–H and O–H groups in total. The number of hydrogen-bond donors (Lipinski definition) is 3. The zero-order chi connectivity index (χ0) is 21.4. The molecule has 1 aromatic carbocycles. The summed E-state index contributed by atoms with van der Waals surface area (Å²) >= 11 is 0. The number of anilines is 1. The van der Waals surface area contributed by atoms with E-state index in [1.54, 1.807) is 13.2 Å². The van der Waals surface area contributed by atoms with Crippen molar-refractivity contribution in [2.75, 3.05) is 33.2 Å². The number of nitrogens with two attached hydrogens (primary N) is 1. The number of aliphatic hydroxyl groups is 1. The fourth-order valence-corrected chi connectivity index (χ4v) is 2.47. The maximum absolute atomic E-state index is 11.1. The van der Waals surface area contributed by atoms with Crippen molar-refractivity contribution in [3.63, 3.8) is 0 Å². The minimum Gasteiger partial charge on any atom is -0.493 e. The lowest BCUT2D eigenvalue weighted by molar-refractivity contribution is -0.140. The molecule has 1 unspecified atom stereocenters. The third-order valence-corrected chi connectivity index (χ3v) is 3.96. The average molecular weight is 399 g/mol. The number of carbonyl (C=O) groups excluding carboxylic acids is 2. The molecule has 0 bridgehead atoms. The Labute approximate surface area is 167 Å². The van der Waals surface area contributed by atoms with Crippen LogP contribution in [-0.4, -0.2) is 51.0 Å². The zero-order valence-electron chi connectivity index (χ0n) is 17.3. The van der Waals surface area contributed by atoms with E-state index in [0.717, 1.165) is 12.0 Å². The summed E-state index contributed by atoms with van der Waals surface area (Å²) in [6, 6.07) is 3.28. The van der Waals surface area contributed by atoms with Crippen LogP contribution in [0.1, 0.15) is 45.1 Å². The van der Waals surface area contributed by atoms with E-state index in [1.807, 2.05) is 19.9 Å². The molecule has 0 aliphatic carbocycles. The van der Waals surface area contributed by atoms with Crippen molar-refractivity contribution in [1.82, 2.24) is 5.32 Å². The Morgan fingerprint density at radius 2 is 1.96 bits per heavy atom. The van der Waals surface area contributed by atoms with Gasteiger partial charge in [0.05, 0.1) is 33.5 Å². The molecule has 0 aromatic heterocycles. The van der Waals surface area contributed by atoms with Crippen LogP contribution in [0.3, 0.4) is 0 Å². The van der Waals surface area contributed by atoms with E-state index in [9.17, 15) is 9.59 Å². The van der Waals surface area contributed by atoms with E-state index >= 15 is 0 Å². The predicted molar refractivity (Wildman–Crippen MR) is 109 cm³/mol. The summed E-state index contributed by atoms with van der Waals surface area (Å²) < 4.78 is 15.6. The SMILES string of the molecule is CC.COC(=O)CCCOc1cc(N)c(CCCC(CO)NC=O)cc1OC. The lowest BCUT2D eigenvalue weighted by atomic mass is 10.0. The number of benzene rings is 1. The largest absolute Gasteiger partial charge is 0.493 e. The number of ether oxygens (including phenoxy) is 3. The summed E-state index contributed by atoms with van der Waals surface area (Å²) in [5.41, 5.74) is 7.59. The van der Waals surface area contributed by atoms with Gasteiger partial charge in [0.15, 0.2) is 11.5 Å². The Morgan fingerprint density at radius 1 is 1.25 bits per heavy atom. The maximum atomic E-state index is 11.1. The molecule has 8 nitrogen and oxygen atoms in total. The van der Waals surface area contributed by atoms with Crippen LogP contribution in [0.4, 0.5) is 5.69 Å². The van der Waals surface area contributed by atoms with Crippen molar-refractivity contribution < 1.29 is 28.9 Å². The van der Waals surface area contributed by atoms with Crippen LogP contribution >= 0.6 is 0 Å². The van der Waals surface area contributed by atoms with Gasteiger partial charge in [-0.25, -0.2) is 0 Å². The first kappa shape index (κ1) is 25.5. The van der Waals surface area contributed by atoms with E-state index in [-0.39, 0.29) is 25.0 Å². The molecule has 0 fully saturated rings. The van der Waals surface area contributed by atoms with Crippen molar-refractivity contribution in [2.45, 2.75) is 52.0 Å². The Kier molecular flexibility index (Phi) is 14.2. The minimum absolute atomic E-state index is 0.101. The molecule has 0 aliphatic rings. The number of methoxy groups -OCH3 is 2. The van der Waals surface area contributed by atoms with Crippen molar-refractivity contribution in [3.05, 3.63) is 17.7 Å². The first-order chi connectivity index (χ1) is 13.5. The van der Waals surface area contributed by atoms with Crippen LogP contribution in [0.2, 0.25) is 0 Å². The predicted octanol–water partition coefficient (Wildman–Crippen LogP) is 2.07. The number of nitrogens with one attached hydrogen (secondary N) is 1. The van der Waals surface area contributed by atoms with Gasteiger partial charge < -0.3 is 30.4 Å². The summed E-state index contributed by atoms with van der Waals surface area (Å²) in [5.74, 6) is 0.812. The number of rotatable bonds is 13. The van der Waals surface area contributed by atoms with E-state index in [1.165, 1.54) is 7.11 Å². The number of carbonyl (C=O) groups is 2. The van der Waals surface area contributed by atoms with E-state index in [4.69, 9.17) is 20.3 Å². The normalized spacial score (nSPS) is 10.9. The van der Waals surface area contributed by atoms with Crippen LogP contribution < -0.4 is 20.5 Å². The Hall–Kier alpha value is -2.48. The van der Waals surface area contributed by atoms with Crippen LogP contribution in [0, 0.1) is 0 Å². The molecule has 28 heavy (non-hydrogen) atoms. The highest BCUT2D eigenvalue weighted by Crippen LogP contribution is 2.33. The van der Waals surface area contributed by atoms with Crippen molar-refractivity contribution in [3.8, 4) is 11.5 Å². The standard InChI is InChI=1S/C18H28N2O6.C2H6/c1-24-16-9-13(5-3-6-14(11-21)20-12-22)15(19)10-17(16)26-8-4-7-18(23)25-2;1-2/h9-10,12,14,21H,3-8,11,19H2,1-2H3,(H,20,22);1-2H3. The Bertz CT molecular complexity index is 580. The first-order valence-corrected chi connectivity index (χ1v) is 9.52. The molecule has 8 heteroatoms. The fraction of sp³-hybridized carbons (Fsp3) is 0.600. The number of hydrogen-bond acceptors (Lipinski definition) is 7. The van der Waals surface area contributed by atoms with E-state index < -0.39 is 0 Å². The highest BCUT2D eigenvalue weighted by atomic mass is 16.5. The Morgan fingerprint density at radius 3 is 2.54 bits per heavy atom. The summed E-state index contributed by atoms with van der Waals surface area (Å²) in [4.78, 5) is 21.5. The monoisotopic (exact) mass is 398 g/mol. The summed E-state index contributed by atoms with van der Waals surface area (Å²) in [6.45, 7) is 4.25. The van der Waals surface area contributed by atoms with Gasteiger partial charge in [-0.3, -0.25) is 9.59 Å². The molecule has 160 valence electrons. The maximum Gasteiger partial charge on any atom is 0.305 e. The van der Waals surface area contributed by atoms with Gasteiger partial charge >= 0.3 is 5.97 Å². The summed E-state index contributed by atoms with van der Waals surface area (Å²) in [7, 11) is 2.90. The van der Waals surface area contributed by atoms with Gasteiger partial charge in [-0.2, -0.15) is 0 Å². The second-order valence-corrected chi connectivity index (χ2v) is 5.79. The molecular weight excluding hydrogens is 364 g/mol. The number of esters is 1. The van der Waals surface area contributed by atoms with Crippen molar-refractivity contribution in [2.24, 2.45) is 0 Å². The van der Waals surface area contributed by atoms with Gasteiger partial charge in [-0.1, -0.05) is 13.8 Å². The zero-order valence-corrected chi connectivity index (χ0v) is 17.3. The first-order valence-electron chi connectivity index (χ1n) is 9.52. The molecular formula is C20H34N2O6. The topological polar surface area (TPSA) is 120 Å². The molecule has 0 spiro atoms. The smallest absolute Gasteiger partial charge is 0.305 e. The van der Waals surface area contributed by atoms with Gasteiger partial charge in [-0.15, -0.1) is 0 Å². The van der Waals surface area contributed by atoms with Gasteiger partial charge in [0, 0.05) is 18.2 Å². The third-order valence-electron chi connectivity index (χ3n) is 3.96. The summed E-state index contributed by atoms with van der Waals surface area (Å²) in [6.07, 6.45) is 3.48. The lowest BCUT2D eigenvalue weighted by Crippen LogP contribution is -2.31. The van der Waals surface area contributed by atoms with Crippen LogP contribution in [0.25, 0.3) is 0 Å². The lowest BCUT2D eigenvalue weighted by Gasteiger charge is -2.16. The van der Waals surface area contributed by atoms with Gasteiger partial charge in [-0.05, 0) is 37.3 Å². The number of nitrogen functional groups attached to an aromatic ring is 1. The summed E-state index contributed by atoms with van der Waals surface area (Å²) in [5, 5.41) is 11.7. The second kappa shape index (κ2) is 15.6. The molecule has 0 heterocycles. The highest BCUT2D eigenvalue weighted by molar-refractivity contribution is 5.69. The van der Waals surface area contributed by atoms with Crippen molar-refractivity contribution >= 4 is 18.1 Å². The molecule has 0 saturated carbocycles. The van der Waals surface area contributed by atoms with Crippen LogP contribution in [0.15, 0.2) is 12.1 Å². The molecule has 1 aromatic rings. The minimum atomic E-state index is -0.277. The van der Waals surface area contributed by atoms with Crippen molar-refractivity contribution in [1.29, 1.82) is 0 Å². The van der Waals surface area contributed by atoms with Gasteiger partial charge in [0.2, 0.25) is 6.41 Å².